The zero-order valence-electron chi connectivity index (χ0n) is 8.34. The van der Waals surface area contributed by atoms with E-state index in [-0.39, 0.29) is 0 Å². The van der Waals surface area contributed by atoms with Crippen LogP contribution in [0, 0.1) is 11.8 Å². The lowest BCUT2D eigenvalue weighted by atomic mass is 9.78. The zero-order chi connectivity index (χ0) is 9.19. The number of hydrogen-bond donors (Lipinski definition) is 1. The summed E-state index contributed by atoms with van der Waals surface area (Å²) >= 11 is 0. The molecule has 1 saturated heterocycles. The van der Waals surface area contributed by atoms with Gasteiger partial charge in [0.25, 0.3) is 0 Å². The van der Waals surface area contributed by atoms with Crippen molar-refractivity contribution in [2.24, 2.45) is 11.8 Å². The van der Waals surface area contributed by atoms with Crippen LogP contribution in [0.1, 0.15) is 33.6 Å². The molecule has 1 rings (SSSR count). The molecule has 1 aliphatic rings. The molecule has 1 aliphatic heterocycles. The molecule has 0 bridgehead atoms. The highest BCUT2D eigenvalue weighted by Crippen LogP contribution is 2.31. The first kappa shape index (κ1) is 10.0. The summed E-state index contributed by atoms with van der Waals surface area (Å²) in [6, 6.07) is 0. The molecule has 2 nitrogen and oxygen atoms in total. The lowest BCUT2D eigenvalue weighted by molar-refractivity contribution is -0.125. The Kier molecular flexibility index (Phi) is 3.13. The average Bonchev–Trinajstić information content (AvgIpc) is 2.04. The largest absolute Gasteiger partial charge is 0.387 e. The minimum Gasteiger partial charge on any atom is -0.387 e. The van der Waals surface area contributed by atoms with Crippen molar-refractivity contribution in [1.82, 2.24) is 0 Å². The molecule has 0 aromatic rings. The lowest BCUT2D eigenvalue weighted by Gasteiger charge is -2.39. The Balaban J connectivity index is 2.56. The minimum atomic E-state index is -0.563. The Morgan fingerprint density at radius 1 is 1.33 bits per heavy atom. The predicted molar refractivity (Wildman–Crippen MR) is 49.0 cm³/mol. The van der Waals surface area contributed by atoms with Gasteiger partial charge >= 0.3 is 0 Å². The quantitative estimate of drug-likeness (QED) is 0.688. The second-order valence-corrected chi connectivity index (χ2v) is 4.29. The summed E-state index contributed by atoms with van der Waals surface area (Å²) in [6.45, 7) is 7.74. The molecule has 0 aromatic carbocycles. The SMILES string of the molecule is CC(C)C(C)C1(O)CCCOC1. The van der Waals surface area contributed by atoms with Crippen molar-refractivity contribution < 1.29 is 9.84 Å². The molecule has 72 valence electrons. The molecule has 0 spiro atoms. The highest BCUT2D eigenvalue weighted by molar-refractivity contribution is 4.87. The molecule has 0 radical (unpaired) electrons. The van der Waals surface area contributed by atoms with E-state index in [1.54, 1.807) is 0 Å². The van der Waals surface area contributed by atoms with E-state index < -0.39 is 5.60 Å². The fourth-order valence-corrected chi connectivity index (χ4v) is 1.78. The second kappa shape index (κ2) is 3.75. The van der Waals surface area contributed by atoms with Crippen LogP contribution in [-0.4, -0.2) is 23.9 Å². The van der Waals surface area contributed by atoms with E-state index in [1.807, 2.05) is 0 Å². The van der Waals surface area contributed by atoms with Gasteiger partial charge in [-0.1, -0.05) is 20.8 Å². The number of rotatable bonds is 2. The van der Waals surface area contributed by atoms with Crippen LogP contribution in [0.5, 0.6) is 0 Å². The van der Waals surface area contributed by atoms with E-state index in [0.29, 0.717) is 18.4 Å². The molecule has 0 aliphatic carbocycles. The van der Waals surface area contributed by atoms with E-state index in [1.165, 1.54) is 0 Å². The predicted octanol–water partition coefficient (Wildman–Crippen LogP) is 1.82. The Bertz CT molecular complexity index is 137. The van der Waals surface area contributed by atoms with Crippen molar-refractivity contribution in [2.45, 2.75) is 39.2 Å². The fourth-order valence-electron chi connectivity index (χ4n) is 1.78. The number of hydrogen-bond acceptors (Lipinski definition) is 2. The summed E-state index contributed by atoms with van der Waals surface area (Å²) in [5.41, 5.74) is -0.563. The van der Waals surface area contributed by atoms with Crippen LogP contribution in [0.25, 0.3) is 0 Å². The van der Waals surface area contributed by atoms with Gasteiger partial charge in [0.1, 0.15) is 0 Å². The molecule has 0 aromatic heterocycles. The van der Waals surface area contributed by atoms with Crippen LogP contribution in [0.4, 0.5) is 0 Å². The third-order valence-electron chi connectivity index (χ3n) is 3.10. The lowest BCUT2D eigenvalue weighted by Crippen LogP contribution is -2.46. The molecular formula is C10H20O2. The average molecular weight is 172 g/mol. The van der Waals surface area contributed by atoms with Gasteiger partial charge in [-0.05, 0) is 24.7 Å². The third-order valence-corrected chi connectivity index (χ3v) is 3.10. The molecule has 0 amide bonds. The van der Waals surface area contributed by atoms with Gasteiger partial charge in [-0.2, -0.15) is 0 Å². The molecule has 1 fully saturated rings. The van der Waals surface area contributed by atoms with Crippen molar-refractivity contribution >= 4 is 0 Å². The molecule has 1 heterocycles. The maximum atomic E-state index is 10.2. The maximum Gasteiger partial charge on any atom is 0.0908 e. The molecule has 1 N–H and O–H groups in total. The van der Waals surface area contributed by atoms with E-state index in [9.17, 15) is 5.11 Å². The van der Waals surface area contributed by atoms with Crippen LogP contribution in [0.15, 0.2) is 0 Å². The second-order valence-electron chi connectivity index (χ2n) is 4.29. The van der Waals surface area contributed by atoms with Gasteiger partial charge in [-0.15, -0.1) is 0 Å². The Hall–Kier alpha value is -0.0800. The minimum absolute atomic E-state index is 0.331. The molecule has 2 unspecified atom stereocenters. The van der Waals surface area contributed by atoms with Crippen LogP contribution in [-0.2, 0) is 4.74 Å². The fraction of sp³-hybridized carbons (Fsp3) is 1.00. The van der Waals surface area contributed by atoms with Crippen molar-refractivity contribution in [3.63, 3.8) is 0 Å². The van der Waals surface area contributed by atoms with Crippen LogP contribution in [0.2, 0.25) is 0 Å². The van der Waals surface area contributed by atoms with Gasteiger partial charge in [0, 0.05) is 6.61 Å². The maximum absolute atomic E-state index is 10.2. The summed E-state index contributed by atoms with van der Waals surface area (Å²) < 4.78 is 5.31. The third kappa shape index (κ3) is 1.99. The molecule has 2 heteroatoms. The highest BCUT2D eigenvalue weighted by Gasteiger charge is 2.37. The molecule has 2 atom stereocenters. The highest BCUT2D eigenvalue weighted by atomic mass is 16.5. The van der Waals surface area contributed by atoms with Crippen molar-refractivity contribution in [1.29, 1.82) is 0 Å². The molecule has 0 saturated carbocycles. The summed E-state index contributed by atoms with van der Waals surface area (Å²) in [5, 5.41) is 10.2. The van der Waals surface area contributed by atoms with Gasteiger partial charge in [-0.25, -0.2) is 0 Å². The normalized spacial score (nSPS) is 33.8. The van der Waals surface area contributed by atoms with Crippen LogP contribution in [0.3, 0.4) is 0 Å². The number of aliphatic hydroxyl groups is 1. The van der Waals surface area contributed by atoms with E-state index in [2.05, 4.69) is 20.8 Å². The van der Waals surface area contributed by atoms with Crippen molar-refractivity contribution in [3.8, 4) is 0 Å². The monoisotopic (exact) mass is 172 g/mol. The Labute approximate surface area is 74.9 Å². The van der Waals surface area contributed by atoms with E-state index in [0.717, 1.165) is 19.4 Å². The van der Waals surface area contributed by atoms with Crippen molar-refractivity contribution in [3.05, 3.63) is 0 Å². The standard InChI is InChI=1S/C10H20O2/c1-8(2)9(3)10(11)5-4-6-12-7-10/h8-9,11H,4-7H2,1-3H3. The van der Waals surface area contributed by atoms with Gasteiger partial charge < -0.3 is 9.84 Å². The van der Waals surface area contributed by atoms with Crippen molar-refractivity contribution in [2.75, 3.05) is 13.2 Å². The van der Waals surface area contributed by atoms with E-state index >= 15 is 0 Å². The molecule has 12 heavy (non-hydrogen) atoms. The van der Waals surface area contributed by atoms with Gasteiger partial charge in [0.15, 0.2) is 0 Å². The molecular weight excluding hydrogens is 152 g/mol. The van der Waals surface area contributed by atoms with Gasteiger partial charge in [0.2, 0.25) is 0 Å². The first-order valence-electron chi connectivity index (χ1n) is 4.86. The van der Waals surface area contributed by atoms with Crippen LogP contribution >= 0.6 is 0 Å². The first-order chi connectivity index (χ1) is 5.56. The zero-order valence-corrected chi connectivity index (χ0v) is 8.34. The summed E-state index contributed by atoms with van der Waals surface area (Å²) in [6.07, 6.45) is 1.89. The van der Waals surface area contributed by atoms with E-state index in [4.69, 9.17) is 4.74 Å². The smallest absolute Gasteiger partial charge is 0.0908 e. The van der Waals surface area contributed by atoms with Gasteiger partial charge in [0.05, 0.1) is 12.2 Å². The Morgan fingerprint density at radius 3 is 2.42 bits per heavy atom. The summed E-state index contributed by atoms with van der Waals surface area (Å²) in [7, 11) is 0. The summed E-state index contributed by atoms with van der Waals surface area (Å²) in [4.78, 5) is 0. The van der Waals surface area contributed by atoms with Crippen LogP contribution < -0.4 is 0 Å². The Morgan fingerprint density at radius 2 is 2.00 bits per heavy atom. The topological polar surface area (TPSA) is 29.5 Å². The number of ether oxygens (including phenoxy) is 1. The van der Waals surface area contributed by atoms with Gasteiger partial charge in [-0.3, -0.25) is 0 Å². The first-order valence-corrected chi connectivity index (χ1v) is 4.86. The summed E-state index contributed by atoms with van der Waals surface area (Å²) in [5.74, 6) is 0.856.